The molecule has 0 aliphatic rings. The van der Waals surface area contributed by atoms with Gasteiger partial charge in [-0.2, -0.15) is 0 Å². The molecule has 1 aromatic carbocycles. The first-order valence-corrected chi connectivity index (χ1v) is 8.21. The molecule has 0 unspecified atom stereocenters. The predicted octanol–water partition coefficient (Wildman–Crippen LogP) is 2.77. The van der Waals surface area contributed by atoms with Crippen LogP contribution in [0.5, 0.6) is 0 Å². The molecule has 0 bridgehead atoms. The minimum absolute atomic E-state index is 0.0731. The molecule has 3 amide bonds. The van der Waals surface area contributed by atoms with Crippen molar-refractivity contribution in [2.24, 2.45) is 0 Å². The first-order chi connectivity index (χ1) is 10.8. The Balaban J connectivity index is 2.41. The molecule has 0 aromatic heterocycles. The van der Waals surface area contributed by atoms with Crippen LogP contribution in [0.15, 0.2) is 24.3 Å². The maximum absolute atomic E-state index is 12.1. The predicted molar refractivity (Wildman–Crippen MR) is 93.8 cm³/mol. The lowest BCUT2D eigenvalue weighted by Crippen LogP contribution is -2.42. The van der Waals surface area contributed by atoms with Crippen molar-refractivity contribution in [2.45, 2.75) is 40.0 Å². The van der Waals surface area contributed by atoms with Crippen LogP contribution in [-0.2, 0) is 5.41 Å². The van der Waals surface area contributed by atoms with Crippen LogP contribution in [0.25, 0.3) is 0 Å². The summed E-state index contributed by atoms with van der Waals surface area (Å²) in [4.78, 5) is 25.5. The Kier molecular flexibility index (Phi) is 7.07. The number of benzene rings is 1. The second-order valence-corrected chi connectivity index (χ2v) is 6.49. The number of nitrogens with zero attached hydrogens (tertiary/aromatic N) is 1. The van der Waals surface area contributed by atoms with Gasteiger partial charge in [0.25, 0.3) is 5.91 Å². The number of urea groups is 1. The van der Waals surface area contributed by atoms with E-state index in [1.807, 2.05) is 38.1 Å². The topological polar surface area (TPSA) is 61.4 Å². The Morgan fingerprint density at radius 3 is 1.96 bits per heavy atom. The van der Waals surface area contributed by atoms with Crippen molar-refractivity contribution in [2.75, 3.05) is 26.2 Å². The smallest absolute Gasteiger partial charge is 0.317 e. The maximum Gasteiger partial charge on any atom is 0.317 e. The average Bonchev–Trinajstić information content (AvgIpc) is 2.52. The van der Waals surface area contributed by atoms with E-state index in [2.05, 4.69) is 31.4 Å². The number of carbonyl (C=O) groups is 2. The highest BCUT2D eigenvalue weighted by atomic mass is 16.2. The molecule has 1 aromatic rings. The summed E-state index contributed by atoms with van der Waals surface area (Å²) in [7, 11) is 0. The molecule has 0 fully saturated rings. The van der Waals surface area contributed by atoms with Gasteiger partial charge in [-0.3, -0.25) is 4.79 Å². The summed E-state index contributed by atoms with van der Waals surface area (Å²) >= 11 is 0. The van der Waals surface area contributed by atoms with E-state index in [0.29, 0.717) is 31.7 Å². The molecule has 0 aliphatic heterocycles. The number of hydrogen-bond acceptors (Lipinski definition) is 2. The van der Waals surface area contributed by atoms with Crippen LogP contribution in [-0.4, -0.2) is 43.0 Å². The summed E-state index contributed by atoms with van der Waals surface area (Å²) in [5, 5.41) is 5.61. The van der Waals surface area contributed by atoms with Gasteiger partial charge in [-0.25, -0.2) is 4.79 Å². The Bertz CT molecular complexity index is 514. The third kappa shape index (κ3) is 5.93. The van der Waals surface area contributed by atoms with Gasteiger partial charge in [0.1, 0.15) is 0 Å². The first-order valence-electron chi connectivity index (χ1n) is 8.21. The summed E-state index contributed by atoms with van der Waals surface area (Å²) in [6, 6.07) is 7.54. The molecule has 0 radical (unpaired) electrons. The van der Waals surface area contributed by atoms with Crippen LogP contribution in [0, 0.1) is 0 Å². The minimum atomic E-state index is -0.123. The summed E-state index contributed by atoms with van der Waals surface area (Å²) in [5.41, 5.74) is 1.90. The molecule has 0 saturated heterocycles. The summed E-state index contributed by atoms with van der Waals surface area (Å²) < 4.78 is 0. The zero-order chi connectivity index (χ0) is 17.5. The molecule has 5 heteroatoms. The summed E-state index contributed by atoms with van der Waals surface area (Å²) in [6.45, 7) is 12.5. The van der Waals surface area contributed by atoms with Crippen molar-refractivity contribution in [1.29, 1.82) is 0 Å². The van der Waals surface area contributed by atoms with Crippen LogP contribution >= 0.6 is 0 Å². The van der Waals surface area contributed by atoms with Crippen molar-refractivity contribution in [3.05, 3.63) is 35.4 Å². The van der Waals surface area contributed by atoms with Crippen LogP contribution in [0.1, 0.15) is 50.5 Å². The molecule has 128 valence electrons. The second-order valence-electron chi connectivity index (χ2n) is 6.49. The van der Waals surface area contributed by atoms with Gasteiger partial charge in [0.15, 0.2) is 0 Å². The molecule has 23 heavy (non-hydrogen) atoms. The quantitative estimate of drug-likeness (QED) is 0.792. The van der Waals surface area contributed by atoms with Crippen molar-refractivity contribution >= 4 is 11.9 Å². The normalized spacial score (nSPS) is 11.0. The highest BCUT2D eigenvalue weighted by Crippen LogP contribution is 2.22. The summed E-state index contributed by atoms with van der Waals surface area (Å²) in [6.07, 6.45) is 0. The molecule has 0 aliphatic carbocycles. The van der Waals surface area contributed by atoms with E-state index < -0.39 is 0 Å². The average molecular weight is 319 g/mol. The van der Waals surface area contributed by atoms with Gasteiger partial charge in [-0.05, 0) is 37.0 Å². The van der Waals surface area contributed by atoms with E-state index in [9.17, 15) is 9.59 Å². The van der Waals surface area contributed by atoms with Crippen molar-refractivity contribution in [1.82, 2.24) is 15.5 Å². The van der Waals surface area contributed by atoms with E-state index in [1.165, 1.54) is 5.56 Å². The fraction of sp³-hybridized carbons (Fsp3) is 0.556. The van der Waals surface area contributed by atoms with Crippen LogP contribution in [0.2, 0.25) is 0 Å². The minimum Gasteiger partial charge on any atom is -0.350 e. The van der Waals surface area contributed by atoms with Crippen LogP contribution < -0.4 is 10.6 Å². The zero-order valence-corrected chi connectivity index (χ0v) is 14.9. The zero-order valence-electron chi connectivity index (χ0n) is 14.9. The molecule has 5 nitrogen and oxygen atoms in total. The number of hydrogen-bond donors (Lipinski definition) is 2. The van der Waals surface area contributed by atoms with Crippen molar-refractivity contribution in [3.8, 4) is 0 Å². The lowest BCUT2D eigenvalue weighted by Gasteiger charge is -2.19. The third-order valence-corrected chi connectivity index (χ3v) is 3.75. The SMILES string of the molecule is CCN(CC)C(=O)NCCNC(=O)c1ccc(C(C)(C)C)cc1. The van der Waals surface area contributed by atoms with Gasteiger partial charge in [-0.1, -0.05) is 32.9 Å². The van der Waals surface area contributed by atoms with Crippen LogP contribution in [0.3, 0.4) is 0 Å². The molecular formula is C18H29N3O2. The van der Waals surface area contributed by atoms with E-state index >= 15 is 0 Å². The fourth-order valence-corrected chi connectivity index (χ4v) is 2.19. The van der Waals surface area contributed by atoms with Crippen LogP contribution in [0.4, 0.5) is 4.79 Å². The second kappa shape index (κ2) is 8.56. The highest BCUT2D eigenvalue weighted by Gasteiger charge is 2.14. The van der Waals surface area contributed by atoms with Gasteiger partial charge >= 0.3 is 6.03 Å². The summed E-state index contributed by atoms with van der Waals surface area (Å²) in [5.74, 6) is -0.123. The van der Waals surface area contributed by atoms with Crippen molar-refractivity contribution < 1.29 is 9.59 Å². The fourth-order valence-electron chi connectivity index (χ4n) is 2.19. The van der Waals surface area contributed by atoms with Gasteiger partial charge < -0.3 is 15.5 Å². The molecule has 1 rings (SSSR count). The number of rotatable bonds is 6. The van der Waals surface area contributed by atoms with Gasteiger partial charge in [0.2, 0.25) is 0 Å². The van der Waals surface area contributed by atoms with E-state index in [1.54, 1.807) is 4.90 Å². The molecule has 0 heterocycles. The molecule has 0 spiro atoms. The maximum atomic E-state index is 12.1. The molecule has 0 saturated carbocycles. The first kappa shape index (κ1) is 19.0. The lowest BCUT2D eigenvalue weighted by molar-refractivity contribution is 0.0953. The van der Waals surface area contributed by atoms with Gasteiger partial charge in [0, 0.05) is 31.7 Å². The molecular weight excluding hydrogens is 290 g/mol. The lowest BCUT2D eigenvalue weighted by atomic mass is 9.87. The third-order valence-electron chi connectivity index (χ3n) is 3.75. The van der Waals surface area contributed by atoms with E-state index in [-0.39, 0.29) is 17.4 Å². The Morgan fingerprint density at radius 2 is 1.48 bits per heavy atom. The van der Waals surface area contributed by atoms with Gasteiger partial charge in [0.05, 0.1) is 0 Å². The van der Waals surface area contributed by atoms with Gasteiger partial charge in [-0.15, -0.1) is 0 Å². The monoisotopic (exact) mass is 319 g/mol. The Morgan fingerprint density at radius 1 is 0.957 bits per heavy atom. The largest absolute Gasteiger partial charge is 0.350 e. The standard InChI is InChI=1S/C18H29N3O2/c1-6-21(7-2)17(23)20-13-12-19-16(22)14-8-10-15(11-9-14)18(3,4)5/h8-11H,6-7,12-13H2,1-5H3,(H,19,22)(H,20,23). The highest BCUT2D eigenvalue weighted by molar-refractivity contribution is 5.94. The molecule has 0 atom stereocenters. The van der Waals surface area contributed by atoms with E-state index in [4.69, 9.17) is 0 Å². The van der Waals surface area contributed by atoms with Crippen molar-refractivity contribution in [3.63, 3.8) is 0 Å². The molecule has 2 N–H and O–H groups in total. The number of amides is 3. The number of carbonyl (C=O) groups excluding carboxylic acids is 2. The Hall–Kier alpha value is -2.04. The van der Waals surface area contributed by atoms with E-state index in [0.717, 1.165) is 0 Å². The number of nitrogens with one attached hydrogen (secondary N) is 2. The Labute approximate surface area is 139 Å².